The molecular weight excluding hydrogens is 311 g/mol. The highest BCUT2D eigenvalue weighted by Gasteiger charge is 2.31. The van der Waals surface area contributed by atoms with E-state index in [4.69, 9.17) is 4.74 Å². The molecule has 0 bridgehead atoms. The first-order valence-electron chi connectivity index (χ1n) is 7.54. The normalized spacial score (nSPS) is 21.2. The molecule has 8 heteroatoms. The van der Waals surface area contributed by atoms with Crippen LogP contribution in [0.3, 0.4) is 0 Å². The summed E-state index contributed by atoms with van der Waals surface area (Å²) in [6, 6.07) is 2.27. The number of aromatic nitrogens is 1. The van der Waals surface area contributed by atoms with Gasteiger partial charge >= 0.3 is 6.18 Å². The third kappa shape index (κ3) is 5.09. The molecule has 2 atom stereocenters. The van der Waals surface area contributed by atoms with E-state index in [9.17, 15) is 18.0 Å². The summed E-state index contributed by atoms with van der Waals surface area (Å²) in [7, 11) is 0. The minimum Gasteiger partial charge on any atom is -0.370 e. The van der Waals surface area contributed by atoms with Crippen LogP contribution in [0.25, 0.3) is 0 Å². The zero-order valence-corrected chi connectivity index (χ0v) is 12.8. The van der Waals surface area contributed by atoms with Gasteiger partial charge in [-0.2, -0.15) is 13.2 Å². The lowest BCUT2D eigenvalue weighted by Gasteiger charge is -2.14. The summed E-state index contributed by atoms with van der Waals surface area (Å²) >= 11 is 0. The molecule has 0 radical (unpaired) electrons. The van der Waals surface area contributed by atoms with E-state index >= 15 is 0 Å². The summed E-state index contributed by atoms with van der Waals surface area (Å²) in [6.45, 7) is 3.56. The van der Waals surface area contributed by atoms with E-state index < -0.39 is 11.7 Å². The van der Waals surface area contributed by atoms with Gasteiger partial charge in [0.1, 0.15) is 11.9 Å². The number of halogens is 3. The number of pyridine rings is 1. The van der Waals surface area contributed by atoms with Crippen LogP contribution in [0, 0.1) is 5.92 Å². The Kier molecular flexibility index (Phi) is 5.81. The Balaban J connectivity index is 1.65. The summed E-state index contributed by atoms with van der Waals surface area (Å²) in [5, 5.41) is 5.71. The van der Waals surface area contributed by atoms with E-state index in [0.717, 1.165) is 18.7 Å². The summed E-state index contributed by atoms with van der Waals surface area (Å²) in [4.78, 5) is 15.6. The number of carbonyl (C=O) groups excluding carboxylic acids is 1. The SMILES string of the molecule is C[C@@H]1CCO[C@H]1C(=O)NCCCNc1ccc(C(F)(F)F)cn1. The highest BCUT2D eigenvalue weighted by atomic mass is 19.4. The molecule has 23 heavy (non-hydrogen) atoms. The minimum absolute atomic E-state index is 0.109. The predicted molar refractivity (Wildman–Crippen MR) is 78.9 cm³/mol. The number of alkyl halides is 3. The molecule has 0 unspecified atom stereocenters. The van der Waals surface area contributed by atoms with E-state index in [0.29, 0.717) is 31.9 Å². The van der Waals surface area contributed by atoms with Crippen LogP contribution in [0.2, 0.25) is 0 Å². The Bertz CT molecular complexity index is 520. The molecule has 128 valence electrons. The van der Waals surface area contributed by atoms with Gasteiger partial charge in [-0.05, 0) is 30.9 Å². The first-order chi connectivity index (χ1) is 10.9. The van der Waals surface area contributed by atoms with Gasteiger partial charge in [-0.3, -0.25) is 4.79 Å². The fourth-order valence-electron chi connectivity index (χ4n) is 2.31. The highest BCUT2D eigenvalue weighted by Crippen LogP contribution is 2.28. The molecule has 0 aromatic carbocycles. The molecule has 2 N–H and O–H groups in total. The van der Waals surface area contributed by atoms with Crippen molar-refractivity contribution in [2.45, 2.75) is 32.0 Å². The molecule has 2 heterocycles. The average Bonchev–Trinajstić information content (AvgIpc) is 2.92. The Labute approximate surface area is 132 Å². The van der Waals surface area contributed by atoms with Crippen LogP contribution >= 0.6 is 0 Å². The number of rotatable bonds is 6. The highest BCUT2D eigenvalue weighted by molar-refractivity contribution is 5.81. The van der Waals surface area contributed by atoms with E-state index in [1.165, 1.54) is 6.07 Å². The van der Waals surface area contributed by atoms with Crippen molar-refractivity contribution in [1.82, 2.24) is 10.3 Å². The molecule has 1 aliphatic heterocycles. The van der Waals surface area contributed by atoms with Gasteiger partial charge in [-0.15, -0.1) is 0 Å². The van der Waals surface area contributed by atoms with E-state index in [1.54, 1.807) is 0 Å². The van der Waals surface area contributed by atoms with E-state index in [1.807, 2.05) is 6.92 Å². The fourth-order valence-corrected chi connectivity index (χ4v) is 2.31. The number of carbonyl (C=O) groups is 1. The zero-order valence-electron chi connectivity index (χ0n) is 12.8. The Hall–Kier alpha value is -1.83. The number of ether oxygens (including phenoxy) is 1. The number of hydrogen-bond donors (Lipinski definition) is 2. The van der Waals surface area contributed by atoms with Gasteiger partial charge in [0.2, 0.25) is 5.91 Å². The standard InChI is InChI=1S/C15H20F3N3O2/c1-10-5-8-23-13(10)14(22)20-7-2-6-19-12-4-3-11(9-21-12)15(16,17)18/h3-4,9-10,13H,2,5-8H2,1H3,(H,19,21)(H,20,22)/t10-,13-/m1/s1. The quantitative estimate of drug-likeness (QED) is 0.786. The van der Waals surface area contributed by atoms with Gasteiger partial charge in [-0.1, -0.05) is 6.92 Å². The second-order valence-corrected chi connectivity index (χ2v) is 5.56. The lowest BCUT2D eigenvalue weighted by molar-refractivity contribution is -0.137. The maximum Gasteiger partial charge on any atom is 0.417 e. The lowest BCUT2D eigenvalue weighted by Crippen LogP contribution is -2.38. The predicted octanol–water partition coefficient (Wildman–Crippen LogP) is 2.44. The van der Waals surface area contributed by atoms with Gasteiger partial charge in [0.15, 0.2) is 0 Å². The molecule has 2 rings (SSSR count). The second kappa shape index (κ2) is 7.63. The molecule has 0 spiro atoms. The van der Waals surface area contributed by atoms with Crippen molar-refractivity contribution in [3.8, 4) is 0 Å². The van der Waals surface area contributed by atoms with E-state index in [-0.39, 0.29) is 17.9 Å². The van der Waals surface area contributed by atoms with Gasteiger partial charge in [0, 0.05) is 25.9 Å². The zero-order chi connectivity index (χ0) is 16.9. The van der Waals surface area contributed by atoms with E-state index in [2.05, 4.69) is 15.6 Å². The summed E-state index contributed by atoms with van der Waals surface area (Å²) < 4.78 is 42.5. The van der Waals surface area contributed by atoms with Crippen LogP contribution in [0.15, 0.2) is 18.3 Å². The third-order valence-electron chi connectivity index (χ3n) is 3.70. The lowest BCUT2D eigenvalue weighted by atomic mass is 10.0. The largest absolute Gasteiger partial charge is 0.417 e. The summed E-state index contributed by atoms with van der Waals surface area (Å²) in [5.41, 5.74) is -0.777. The number of amides is 1. The number of hydrogen-bond acceptors (Lipinski definition) is 4. The van der Waals surface area contributed by atoms with Crippen LogP contribution in [0.5, 0.6) is 0 Å². The molecule has 1 fully saturated rings. The Morgan fingerprint density at radius 3 is 2.74 bits per heavy atom. The van der Waals surface area contributed by atoms with Crippen molar-refractivity contribution in [2.75, 3.05) is 25.0 Å². The Morgan fingerprint density at radius 2 is 2.17 bits per heavy atom. The van der Waals surface area contributed by atoms with Crippen LogP contribution in [-0.2, 0) is 15.7 Å². The number of nitrogens with zero attached hydrogens (tertiary/aromatic N) is 1. The molecule has 5 nitrogen and oxygen atoms in total. The van der Waals surface area contributed by atoms with Gasteiger partial charge in [0.05, 0.1) is 5.56 Å². The van der Waals surface area contributed by atoms with Crippen LogP contribution in [0.1, 0.15) is 25.3 Å². The van der Waals surface area contributed by atoms with Crippen molar-refractivity contribution in [3.63, 3.8) is 0 Å². The summed E-state index contributed by atoms with van der Waals surface area (Å²) in [5.74, 6) is 0.490. The summed E-state index contributed by atoms with van der Waals surface area (Å²) in [6.07, 6.45) is -2.44. The monoisotopic (exact) mass is 331 g/mol. The molecule has 0 saturated carbocycles. The second-order valence-electron chi connectivity index (χ2n) is 5.56. The van der Waals surface area contributed by atoms with Crippen LogP contribution in [0.4, 0.5) is 19.0 Å². The maximum absolute atomic E-state index is 12.4. The van der Waals surface area contributed by atoms with Gasteiger partial charge < -0.3 is 15.4 Å². The van der Waals surface area contributed by atoms with Crippen molar-refractivity contribution in [2.24, 2.45) is 5.92 Å². The molecule has 1 saturated heterocycles. The smallest absolute Gasteiger partial charge is 0.370 e. The van der Waals surface area contributed by atoms with Crippen molar-refractivity contribution in [1.29, 1.82) is 0 Å². The van der Waals surface area contributed by atoms with Crippen LogP contribution in [-0.4, -0.2) is 36.7 Å². The third-order valence-corrected chi connectivity index (χ3v) is 3.70. The maximum atomic E-state index is 12.4. The molecule has 1 aromatic heterocycles. The topological polar surface area (TPSA) is 63.2 Å². The number of nitrogens with one attached hydrogen (secondary N) is 2. The fraction of sp³-hybridized carbons (Fsp3) is 0.600. The first kappa shape index (κ1) is 17.5. The molecule has 1 aliphatic rings. The minimum atomic E-state index is -4.38. The Morgan fingerprint density at radius 1 is 1.39 bits per heavy atom. The molecular formula is C15H20F3N3O2. The molecule has 1 amide bonds. The van der Waals surface area contributed by atoms with Crippen molar-refractivity contribution < 1.29 is 22.7 Å². The molecule has 1 aromatic rings. The molecule has 0 aliphatic carbocycles. The van der Waals surface area contributed by atoms with Crippen molar-refractivity contribution in [3.05, 3.63) is 23.9 Å². The first-order valence-corrected chi connectivity index (χ1v) is 7.54. The van der Waals surface area contributed by atoms with Gasteiger partial charge in [-0.25, -0.2) is 4.98 Å². The van der Waals surface area contributed by atoms with Crippen molar-refractivity contribution >= 4 is 11.7 Å². The van der Waals surface area contributed by atoms with Gasteiger partial charge in [0.25, 0.3) is 0 Å². The number of anilines is 1. The average molecular weight is 331 g/mol. The van der Waals surface area contributed by atoms with Crippen LogP contribution < -0.4 is 10.6 Å².